The van der Waals surface area contributed by atoms with Crippen LogP contribution in [0, 0.1) is 19.3 Å². The summed E-state index contributed by atoms with van der Waals surface area (Å²) in [5, 5.41) is 0. The molecule has 0 spiro atoms. The van der Waals surface area contributed by atoms with Gasteiger partial charge in [0.05, 0.1) is 6.54 Å². The second kappa shape index (κ2) is 8.55. The molecule has 0 bridgehead atoms. The predicted octanol–water partition coefficient (Wildman–Crippen LogP) is 4.41. The molecule has 27 heavy (non-hydrogen) atoms. The van der Waals surface area contributed by atoms with E-state index in [-0.39, 0.29) is 12.5 Å². The molecule has 0 radical (unpaired) electrons. The van der Waals surface area contributed by atoms with Gasteiger partial charge in [-0.25, -0.2) is 9.69 Å². The van der Waals surface area contributed by atoms with Crippen molar-refractivity contribution in [2.45, 2.75) is 38.7 Å². The number of rotatable bonds is 6. The summed E-state index contributed by atoms with van der Waals surface area (Å²) in [5.74, 6) is 2.41. The number of ether oxygens (including phenoxy) is 1. The number of unbranched alkanes of at least 4 members (excludes halogenated alkanes) is 1. The summed E-state index contributed by atoms with van der Waals surface area (Å²) < 4.78 is 5.38. The molecule has 0 saturated carbocycles. The molecule has 1 aliphatic rings. The van der Waals surface area contributed by atoms with Crippen LogP contribution < -0.4 is 0 Å². The fourth-order valence-electron chi connectivity index (χ4n) is 3.23. The van der Waals surface area contributed by atoms with E-state index < -0.39 is 12.2 Å². The van der Waals surface area contributed by atoms with E-state index in [1.54, 1.807) is 6.07 Å². The Morgan fingerprint density at radius 1 is 1.19 bits per heavy atom. The van der Waals surface area contributed by atoms with E-state index in [1.165, 1.54) is 16.0 Å². The van der Waals surface area contributed by atoms with E-state index in [9.17, 15) is 9.59 Å². The van der Waals surface area contributed by atoms with Crippen molar-refractivity contribution in [1.29, 1.82) is 0 Å². The van der Waals surface area contributed by atoms with Crippen LogP contribution in [0.4, 0.5) is 4.79 Å². The van der Waals surface area contributed by atoms with E-state index in [0.717, 1.165) is 24.8 Å². The van der Waals surface area contributed by atoms with Crippen LogP contribution in [-0.2, 0) is 16.0 Å². The number of hydrogen-bond donors (Lipinski definition) is 0. The summed E-state index contributed by atoms with van der Waals surface area (Å²) in [4.78, 5) is 25.7. The normalized spacial score (nSPS) is 16.1. The topological polar surface area (TPSA) is 46.6 Å². The first-order valence-corrected chi connectivity index (χ1v) is 9.20. The average molecular weight is 361 g/mol. The molecule has 1 atom stereocenters. The number of cyclic esters (lactones) is 1. The lowest BCUT2D eigenvalue weighted by Gasteiger charge is -2.12. The van der Waals surface area contributed by atoms with Crippen molar-refractivity contribution < 1.29 is 14.3 Å². The Morgan fingerprint density at radius 2 is 1.93 bits per heavy atom. The maximum atomic E-state index is 12.4. The molecule has 1 fully saturated rings. The second-order valence-electron chi connectivity index (χ2n) is 6.80. The molecule has 1 unspecified atom stereocenters. The third-order valence-corrected chi connectivity index (χ3v) is 4.80. The van der Waals surface area contributed by atoms with Gasteiger partial charge in [-0.1, -0.05) is 53.9 Å². The van der Waals surface area contributed by atoms with Gasteiger partial charge in [0.2, 0.25) is 5.91 Å². The minimum Gasteiger partial charge on any atom is -0.439 e. The largest absolute Gasteiger partial charge is 0.439 e. The first-order valence-electron chi connectivity index (χ1n) is 9.20. The Hall–Kier alpha value is -3.06. The monoisotopic (exact) mass is 361 g/mol. The SMILES string of the molecule is C#Cc1ccccc1C1CN(C(=O)CCCCc2ccc(C)cc2)C(=O)O1. The minimum atomic E-state index is -0.588. The number of hydrogen-bond acceptors (Lipinski definition) is 3. The minimum absolute atomic E-state index is 0.190. The molecular weight excluding hydrogens is 338 g/mol. The van der Waals surface area contributed by atoms with Crippen LogP contribution in [0.1, 0.15) is 47.6 Å². The molecule has 2 amide bonds. The van der Waals surface area contributed by atoms with Crippen molar-refractivity contribution in [2.75, 3.05) is 6.54 Å². The van der Waals surface area contributed by atoms with Crippen molar-refractivity contribution in [3.05, 3.63) is 70.8 Å². The highest BCUT2D eigenvalue weighted by Crippen LogP contribution is 2.29. The van der Waals surface area contributed by atoms with E-state index in [2.05, 4.69) is 37.1 Å². The number of carbonyl (C=O) groups excluding carboxylic acids is 2. The predicted molar refractivity (Wildman–Crippen MR) is 104 cm³/mol. The third-order valence-electron chi connectivity index (χ3n) is 4.80. The van der Waals surface area contributed by atoms with E-state index in [4.69, 9.17) is 11.2 Å². The molecule has 3 rings (SSSR count). The summed E-state index contributed by atoms with van der Waals surface area (Å²) in [5.41, 5.74) is 3.95. The van der Waals surface area contributed by atoms with Gasteiger partial charge >= 0.3 is 6.09 Å². The van der Waals surface area contributed by atoms with Gasteiger partial charge in [-0.15, -0.1) is 6.42 Å². The number of imide groups is 1. The van der Waals surface area contributed by atoms with Gasteiger partial charge in [-0.3, -0.25) is 4.79 Å². The third kappa shape index (κ3) is 4.57. The zero-order chi connectivity index (χ0) is 19.2. The van der Waals surface area contributed by atoms with Crippen molar-refractivity contribution in [3.63, 3.8) is 0 Å². The van der Waals surface area contributed by atoms with Crippen LogP contribution in [-0.4, -0.2) is 23.4 Å². The Morgan fingerprint density at radius 3 is 2.67 bits per heavy atom. The number of amides is 2. The Kier molecular flexibility index (Phi) is 5.93. The van der Waals surface area contributed by atoms with Crippen LogP contribution in [0.5, 0.6) is 0 Å². The summed E-state index contributed by atoms with van der Waals surface area (Å²) in [7, 11) is 0. The van der Waals surface area contributed by atoms with Gasteiger partial charge in [-0.05, 0) is 37.8 Å². The molecule has 138 valence electrons. The van der Waals surface area contributed by atoms with Gasteiger partial charge in [0.15, 0.2) is 0 Å². The number of benzene rings is 2. The smallest absolute Gasteiger partial charge is 0.417 e. The van der Waals surface area contributed by atoms with E-state index in [0.29, 0.717) is 12.0 Å². The highest BCUT2D eigenvalue weighted by Gasteiger charge is 2.36. The quantitative estimate of drug-likeness (QED) is 0.566. The van der Waals surface area contributed by atoms with Gasteiger partial charge < -0.3 is 4.74 Å². The molecule has 2 aromatic carbocycles. The zero-order valence-corrected chi connectivity index (χ0v) is 15.5. The van der Waals surface area contributed by atoms with Crippen molar-refractivity contribution in [3.8, 4) is 12.3 Å². The van der Waals surface area contributed by atoms with Gasteiger partial charge in [0.1, 0.15) is 6.10 Å². The van der Waals surface area contributed by atoms with Crippen LogP contribution in [0.25, 0.3) is 0 Å². The maximum Gasteiger partial charge on any atom is 0.417 e. The zero-order valence-electron chi connectivity index (χ0n) is 15.5. The number of nitrogens with zero attached hydrogens (tertiary/aromatic N) is 1. The van der Waals surface area contributed by atoms with Gasteiger partial charge in [0.25, 0.3) is 0 Å². The number of carbonyl (C=O) groups is 2. The Balaban J connectivity index is 1.51. The highest BCUT2D eigenvalue weighted by atomic mass is 16.6. The summed E-state index contributed by atoms with van der Waals surface area (Å²) in [6, 6.07) is 15.7. The molecule has 0 aliphatic carbocycles. The molecule has 0 N–H and O–H groups in total. The van der Waals surface area contributed by atoms with Crippen molar-refractivity contribution >= 4 is 12.0 Å². The lowest BCUT2D eigenvalue weighted by molar-refractivity contribution is -0.127. The van der Waals surface area contributed by atoms with Crippen LogP contribution in [0.3, 0.4) is 0 Å². The Bertz CT molecular complexity index is 864. The summed E-state index contributed by atoms with van der Waals surface area (Å²) in [6.07, 6.45) is 7.33. The number of aryl methyl sites for hydroxylation is 2. The fraction of sp³-hybridized carbons (Fsp3) is 0.304. The molecule has 4 heteroatoms. The van der Waals surface area contributed by atoms with Crippen molar-refractivity contribution in [2.24, 2.45) is 0 Å². The lowest BCUT2D eigenvalue weighted by atomic mass is 10.0. The van der Waals surface area contributed by atoms with Gasteiger partial charge in [-0.2, -0.15) is 0 Å². The van der Waals surface area contributed by atoms with Crippen LogP contribution in [0.2, 0.25) is 0 Å². The molecule has 2 aromatic rings. The number of terminal acetylenes is 1. The summed E-state index contributed by atoms with van der Waals surface area (Å²) >= 11 is 0. The fourth-order valence-corrected chi connectivity index (χ4v) is 3.23. The maximum absolute atomic E-state index is 12.4. The molecule has 4 nitrogen and oxygen atoms in total. The second-order valence-corrected chi connectivity index (χ2v) is 6.80. The van der Waals surface area contributed by atoms with Crippen LogP contribution >= 0.6 is 0 Å². The lowest BCUT2D eigenvalue weighted by Crippen LogP contribution is -2.31. The van der Waals surface area contributed by atoms with E-state index in [1.807, 2.05) is 18.2 Å². The first-order chi connectivity index (χ1) is 13.1. The van der Waals surface area contributed by atoms with Gasteiger partial charge in [0, 0.05) is 17.5 Å². The van der Waals surface area contributed by atoms with E-state index >= 15 is 0 Å². The molecule has 0 aromatic heterocycles. The molecular formula is C23H23NO3. The van der Waals surface area contributed by atoms with Crippen LogP contribution in [0.15, 0.2) is 48.5 Å². The molecule has 1 aliphatic heterocycles. The summed E-state index contributed by atoms with van der Waals surface area (Å²) in [6.45, 7) is 2.28. The average Bonchev–Trinajstić information content (AvgIpc) is 3.08. The molecule has 1 heterocycles. The molecule has 1 saturated heterocycles. The first kappa shape index (κ1) is 18.7. The van der Waals surface area contributed by atoms with Crippen molar-refractivity contribution in [1.82, 2.24) is 4.90 Å². The highest BCUT2D eigenvalue weighted by molar-refractivity contribution is 5.93. The Labute approximate surface area is 160 Å². The standard InChI is InChI=1S/C23H23NO3/c1-3-19-9-5-6-10-20(19)21-16-24(23(26)27-21)22(25)11-7-4-8-18-14-12-17(2)13-15-18/h1,5-6,9-10,12-15,21H,4,7-8,11,16H2,2H3.